The minimum absolute atomic E-state index is 0.356. The summed E-state index contributed by atoms with van der Waals surface area (Å²) < 4.78 is 0.356. The highest BCUT2D eigenvalue weighted by atomic mass is 79.9. The highest BCUT2D eigenvalue weighted by Crippen LogP contribution is 2.05. The smallest absolute Gasteiger partial charge is 0.255 e. The zero-order valence-electron chi connectivity index (χ0n) is 5.15. The third-order valence-corrected chi connectivity index (χ3v) is 1.23. The van der Waals surface area contributed by atoms with Crippen LogP contribution in [0.15, 0.2) is 22.7 Å². The fraction of sp³-hybridized carbons (Fsp3) is 0.167. The molecule has 0 aromatic rings. The van der Waals surface area contributed by atoms with Crippen molar-refractivity contribution in [3.8, 4) is 0 Å². The first-order valence-electron chi connectivity index (χ1n) is 2.36. The van der Waals surface area contributed by atoms with Crippen LogP contribution in [0.2, 0.25) is 0 Å². The predicted molar refractivity (Wildman–Crippen MR) is 41.0 cm³/mol. The molecule has 0 bridgehead atoms. The molecule has 9 heavy (non-hydrogen) atoms. The lowest BCUT2D eigenvalue weighted by Gasteiger charge is -1.89. The monoisotopic (exact) mass is 189 g/mol. The van der Waals surface area contributed by atoms with Gasteiger partial charge in [-0.3, -0.25) is 4.79 Å². The van der Waals surface area contributed by atoms with Crippen LogP contribution in [0, 0.1) is 0 Å². The molecule has 1 amide bonds. The van der Waals surface area contributed by atoms with E-state index in [1.165, 1.54) is 0 Å². The van der Waals surface area contributed by atoms with Crippen LogP contribution < -0.4 is 5.73 Å². The maximum Gasteiger partial charge on any atom is 0.255 e. The Labute approximate surface area is 62.6 Å². The molecule has 0 heterocycles. The van der Waals surface area contributed by atoms with Crippen molar-refractivity contribution in [2.24, 2.45) is 5.73 Å². The summed E-state index contributed by atoms with van der Waals surface area (Å²) >= 11 is 2.97. The maximum atomic E-state index is 10.3. The van der Waals surface area contributed by atoms with E-state index < -0.39 is 5.91 Å². The SMILES string of the molecule is C=C(C)/C=C(/Br)C(N)=O. The molecular formula is C6H8BrNO. The zero-order chi connectivity index (χ0) is 7.44. The van der Waals surface area contributed by atoms with Gasteiger partial charge in [0.05, 0.1) is 4.48 Å². The van der Waals surface area contributed by atoms with E-state index in [1.54, 1.807) is 13.0 Å². The number of rotatable bonds is 2. The first kappa shape index (κ1) is 8.43. The molecule has 0 aromatic carbocycles. The molecule has 0 saturated heterocycles. The summed E-state index contributed by atoms with van der Waals surface area (Å²) in [4.78, 5) is 10.3. The Morgan fingerprint density at radius 3 is 2.33 bits per heavy atom. The van der Waals surface area contributed by atoms with Gasteiger partial charge in [0.2, 0.25) is 0 Å². The topological polar surface area (TPSA) is 43.1 Å². The van der Waals surface area contributed by atoms with Crippen molar-refractivity contribution in [1.82, 2.24) is 0 Å². The van der Waals surface area contributed by atoms with E-state index in [9.17, 15) is 4.79 Å². The minimum Gasteiger partial charge on any atom is -0.365 e. The molecule has 0 unspecified atom stereocenters. The molecule has 0 aliphatic rings. The molecule has 0 spiro atoms. The van der Waals surface area contributed by atoms with Crippen LogP contribution in [-0.2, 0) is 4.79 Å². The van der Waals surface area contributed by atoms with Gasteiger partial charge in [0.25, 0.3) is 5.91 Å². The van der Waals surface area contributed by atoms with E-state index >= 15 is 0 Å². The molecular weight excluding hydrogens is 182 g/mol. The Balaban J connectivity index is 4.17. The average molecular weight is 190 g/mol. The summed E-state index contributed by atoms with van der Waals surface area (Å²) in [6.07, 6.45) is 1.57. The molecule has 0 aromatic heterocycles. The van der Waals surface area contributed by atoms with E-state index in [-0.39, 0.29) is 0 Å². The predicted octanol–water partition coefficient (Wildman–Crippen LogP) is 1.33. The number of amides is 1. The normalized spacial score (nSPS) is 11.1. The van der Waals surface area contributed by atoms with Crippen LogP contribution in [0.25, 0.3) is 0 Å². The molecule has 0 radical (unpaired) electrons. The van der Waals surface area contributed by atoms with E-state index in [4.69, 9.17) is 5.73 Å². The summed E-state index contributed by atoms with van der Waals surface area (Å²) in [6, 6.07) is 0. The Morgan fingerprint density at radius 1 is 1.78 bits per heavy atom. The first-order valence-corrected chi connectivity index (χ1v) is 3.16. The fourth-order valence-corrected chi connectivity index (χ4v) is 0.678. The molecule has 0 fully saturated rings. The van der Waals surface area contributed by atoms with Gasteiger partial charge >= 0.3 is 0 Å². The molecule has 2 nitrogen and oxygen atoms in total. The van der Waals surface area contributed by atoms with E-state index in [0.717, 1.165) is 5.57 Å². The van der Waals surface area contributed by atoms with Gasteiger partial charge in [0.15, 0.2) is 0 Å². The number of hydrogen-bond acceptors (Lipinski definition) is 1. The number of primary amides is 1. The lowest BCUT2D eigenvalue weighted by atomic mass is 10.3. The highest BCUT2D eigenvalue weighted by molar-refractivity contribution is 9.12. The summed E-state index contributed by atoms with van der Waals surface area (Å²) in [7, 11) is 0. The Hall–Kier alpha value is -0.570. The Bertz CT molecular complexity index is 172. The minimum atomic E-state index is -0.474. The first-order chi connectivity index (χ1) is 4.04. The van der Waals surface area contributed by atoms with Crippen molar-refractivity contribution in [3.05, 3.63) is 22.7 Å². The van der Waals surface area contributed by atoms with E-state index in [2.05, 4.69) is 22.5 Å². The largest absolute Gasteiger partial charge is 0.365 e. The third-order valence-electron chi connectivity index (χ3n) is 0.609. The molecule has 0 aliphatic heterocycles. The van der Waals surface area contributed by atoms with Crippen molar-refractivity contribution < 1.29 is 4.79 Å². The lowest BCUT2D eigenvalue weighted by molar-refractivity contribution is -0.113. The van der Waals surface area contributed by atoms with Crippen molar-refractivity contribution >= 4 is 21.8 Å². The second kappa shape index (κ2) is 3.45. The van der Waals surface area contributed by atoms with Crippen molar-refractivity contribution in [1.29, 1.82) is 0 Å². The number of allylic oxidation sites excluding steroid dienone is 2. The molecule has 3 heteroatoms. The second-order valence-corrected chi connectivity index (χ2v) is 2.56. The molecule has 0 rings (SSSR count). The number of hydrogen-bond donors (Lipinski definition) is 1. The summed E-state index contributed by atoms with van der Waals surface area (Å²) in [5.74, 6) is -0.474. The standard InChI is InChI=1S/C6H8BrNO/c1-4(2)3-5(7)6(8)9/h3H,1H2,2H3,(H2,8,9)/b5-3+. The Kier molecular flexibility index (Phi) is 3.24. The number of nitrogens with two attached hydrogens (primary N) is 1. The van der Waals surface area contributed by atoms with Gasteiger partial charge in [-0.25, -0.2) is 0 Å². The van der Waals surface area contributed by atoms with Crippen molar-refractivity contribution in [2.75, 3.05) is 0 Å². The summed E-state index contributed by atoms with van der Waals surface area (Å²) in [6.45, 7) is 5.35. The van der Waals surface area contributed by atoms with Crippen LogP contribution >= 0.6 is 15.9 Å². The van der Waals surface area contributed by atoms with Crippen LogP contribution in [0.3, 0.4) is 0 Å². The van der Waals surface area contributed by atoms with Gasteiger partial charge < -0.3 is 5.73 Å². The van der Waals surface area contributed by atoms with Gasteiger partial charge in [0.1, 0.15) is 0 Å². The van der Waals surface area contributed by atoms with Crippen molar-refractivity contribution in [2.45, 2.75) is 6.92 Å². The molecule has 0 atom stereocenters. The van der Waals surface area contributed by atoms with Gasteiger partial charge in [-0.2, -0.15) is 0 Å². The van der Waals surface area contributed by atoms with Gasteiger partial charge in [-0.1, -0.05) is 12.2 Å². The zero-order valence-corrected chi connectivity index (χ0v) is 6.73. The summed E-state index contributed by atoms with van der Waals surface area (Å²) in [5.41, 5.74) is 5.68. The second-order valence-electron chi connectivity index (χ2n) is 1.70. The number of carbonyl (C=O) groups is 1. The quantitative estimate of drug-likeness (QED) is 0.517. The molecule has 2 N–H and O–H groups in total. The maximum absolute atomic E-state index is 10.3. The third kappa shape index (κ3) is 3.97. The number of halogens is 1. The number of carbonyl (C=O) groups excluding carboxylic acids is 1. The van der Waals surface area contributed by atoms with Crippen LogP contribution in [0.4, 0.5) is 0 Å². The molecule has 50 valence electrons. The van der Waals surface area contributed by atoms with E-state index in [1.807, 2.05) is 0 Å². The van der Waals surface area contributed by atoms with Crippen molar-refractivity contribution in [3.63, 3.8) is 0 Å². The molecule has 0 saturated carbocycles. The lowest BCUT2D eigenvalue weighted by Crippen LogP contribution is -2.09. The van der Waals surface area contributed by atoms with Gasteiger partial charge in [0, 0.05) is 0 Å². The van der Waals surface area contributed by atoms with Gasteiger partial charge in [-0.05, 0) is 28.9 Å². The average Bonchev–Trinajstić information content (AvgIpc) is 1.63. The van der Waals surface area contributed by atoms with Gasteiger partial charge in [-0.15, -0.1) is 0 Å². The van der Waals surface area contributed by atoms with Crippen LogP contribution in [0.1, 0.15) is 6.92 Å². The Morgan fingerprint density at radius 2 is 2.22 bits per heavy atom. The fourth-order valence-electron chi connectivity index (χ4n) is 0.287. The van der Waals surface area contributed by atoms with Crippen LogP contribution in [0.5, 0.6) is 0 Å². The molecule has 0 aliphatic carbocycles. The highest BCUT2D eigenvalue weighted by Gasteiger charge is 1.96. The van der Waals surface area contributed by atoms with Crippen LogP contribution in [-0.4, -0.2) is 5.91 Å². The van der Waals surface area contributed by atoms with E-state index in [0.29, 0.717) is 4.48 Å². The summed E-state index contributed by atoms with van der Waals surface area (Å²) in [5, 5.41) is 0.